The fourth-order valence-electron chi connectivity index (χ4n) is 1.67. The highest BCUT2D eigenvalue weighted by Crippen LogP contribution is 2.25. The van der Waals surface area contributed by atoms with E-state index in [1.54, 1.807) is 0 Å². The number of nitrogens with zero attached hydrogens (tertiary/aromatic N) is 1. The maximum absolute atomic E-state index is 13.5. The Morgan fingerprint density at radius 2 is 1.83 bits per heavy atom. The van der Waals surface area contributed by atoms with Gasteiger partial charge >= 0.3 is 12.3 Å². The Hall–Kier alpha value is -2.61. The SMILES string of the molecule is O=C(O/N=C\c1ccccc1OC(F)(F)F)c1c(F)cccc1Cl. The van der Waals surface area contributed by atoms with Gasteiger partial charge in [0.1, 0.15) is 17.1 Å². The van der Waals surface area contributed by atoms with Crippen molar-refractivity contribution < 1.29 is 31.9 Å². The summed E-state index contributed by atoms with van der Waals surface area (Å²) in [6.45, 7) is 0. The molecule has 0 atom stereocenters. The summed E-state index contributed by atoms with van der Waals surface area (Å²) in [5, 5.41) is 3.06. The molecule has 4 nitrogen and oxygen atoms in total. The highest BCUT2D eigenvalue weighted by atomic mass is 35.5. The standard InChI is InChI=1S/C15H8ClF4NO3/c16-10-5-3-6-11(17)13(10)14(22)24-21-8-9-4-1-2-7-12(9)23-15(18,19)20/h1-8H/b21-8-. The monoisotopic (exact) mass is 361 g/mol. The van der Waals surface area contributed by atoms with Crippen LogP contribution in [0.2, 0.25) is 5.02 Å². The van der Waals surface area contributed by atoms with Gasteiger partial charge in [0.15, 0.2) is 0 Å². The molecule has 0 saturated carbocycles. The zero-order valence-corrected chi connectivity index (χ0v) is 12.4. The van der Waals surface area contributed by atoms with Crippen molar-refractivity contribution in [3.63, 3.8) is 0 Å². The van der Waals surface area contributed by atoms with Crippen LogP contribution in [0.15, 0.2) is 47.6 Å². The van der Waals surface area contributed by atoms with Gasteiger partial charge < -0.3 is 9.57 Å². The molecule has 0 aliphatic heterocycles. The molecule has 126 valence electrons. The van der Waals surface area contributed by atoms with E-state index in [0.717, 1.165) is 18.3 Å². The number of para-hydroxylation sites is 1. The fraction of sp³-hybridized carbons (Fsp3) is 0.0667. The van der Waals surface area contributed by atoms with E-state index < -0.39 is 29.5 Å². The van der Waals surface area contributed by atoms with Crippen molar-refractivity contribution in [1.82, 2.24) is 0 Å². The number of carbonyl (C=O) groups is 1. The number of benzene rings is 2. The van der Waals surface area contributed by atoms with E-state index in [0.29, 0.717) is 0 Å². The van der Waals surface area contributed by atoms with Gasteiger partial charge in [0.2, 0.25) is 0 Å². The summed E-state index contributed by atoms with van der Waals surface area (Å²) in [6, 6.07) is 8.64. The summed E-state index contributed by atoms with van der Waals surface area (Å²) in [6.07, 6.45) is -4.06. The maximum atomic E-state index is 13.5. The predicted molar refractivity (Wildman–Crippen MR) is 77.5 cm³/mol. The first-order valence-corrected chi connectivity index (χ1v) is 6.69. The summed E-state index contributed by atoms with van der Waals surface area (Å²) in [5.74, 6) is -2.64. The van der Waals surface area contributed by atoms with Gasteiger partial charge in [0.25, 0.3) is 0 Å². The number of hydrogen-bond acceptors (Lipinski definition) is 4. The molecule has 0 unspecified atom stereocenters. The predicted octanol–water partition coefficient (Wildman–Crippen LogP) is 4.57. The highest BCUT2D eigenvalue weighted by Gasteiger charge is 2.31. The van der Waals surface area contributed by atoms with Crippen molar-refractivity contribution in [3.05, 3.63) is 64.4 Å². The number of ether oxygens (including phenoxy) is 1. The molecule has 0 aliphatic rings. The lowest BCUT2D eigenvalue weighted by Crippen LogP contribution is -2.18. The van der Waals surface area contributed by atoms with Gasteiger partial charge in [0, 0.05) is 5.56 Å². The van der Waals surface area contributed by atoms with Crippen molar-refractivity contribution in [2.45, 2.75) is 6.36 Å². The third-order valence-corrected chi connectivity index (χ3v) is 2.95. The quantitative estimate of drug-likeness (QED) is 0.347. The van der Waals surface area contributed by atoms with Crippen LogP contribution in [-0.2, 0) is 4.84 Å². The first-order chi connectivity index (χ1) is 11.3. The Morgan fingerprint density at radius 3 is 2.50 bits per heavy atom. The Balaban J connectivity index is 2.14. The van der Waals surface area contributed by atoms with E-state index in [1.165, 1.54) is 30.3 Å². The molecule has 2 rings (SSSR count). The number of carbonyl (C=O) groups excluding carboxylic acids is 1. The Morgan fingerprint density at radius 1 is 1.12 bits per heavy atom. The topological polar surface area (TPSA) is 47.9 Å². The van der Waals surface area contributed by atoms with E-state index in [2.05, 4.69) is 14.7 Å². The van der Waals surface area contributed by atoms with Crippen LogP contribution in [0.4, 0.5) is 17.6 Å². The molecule has 0 fully saturated rings. The Labute approximate surface area is 138 Å². The molecule has 0 bridgehead atoms. The average molecular weight is 362 g/mol. The molecule has 0 N–H and O–H groups in total. The molecule has 0 radical (unpaired) electrons. The molecular formula is C15H8ClF4NO3. The van der Waals surface area contributed by atoms with E-state index in [-0.39, 0.29) is 10.6 Å². The third-order valence-electron chi connectivity index (χ3n) is 2.64. The number of oxime groups is 1. The van der Waals surface area contributed by atoms with Gasteiger partial charge in [0.05, 0.1) is 11.2 Å². The van der Waals surface area contributed by atoms with E-state index in [1.807, 2.05) is 0 Å². The van der Waals surface area contributed by atoms with Gasteiger partial charge in [-0.3, -0.25) is 0 Å². The summed E-state index contributed by atoms with van der Waals surface area (Å²) in [4.78, 5) is 16.2. The van der Waals surface area contributed by atoms with Crippen LogP contribution in [0.3, 0.4) is 0 Å². The van der Waals surface area contributed by atoms with E-state index >= 15 is 0 Å². The fourth-order valence-corrected chi connectivity index (χ4v) is 1.91. The molecule has 0 saturated heterocycles. The van der Waals surface area contributed by atoms with Gasteiger partial charge in [-0.1, -0.05) is 35.0 Å². The van der Waals surface area contributed by atoms with Crippen molar-refractivity contribution in [2.24, 2.45) is 5.16 Å². The summed E-state index contributed by atoms with van der Waals surface area (Å²) in [5.41, 5.74) is -0.626. The highest BCUT2D eigenvalue weighted by molar-refractivity contribution is 6.33. The molecule has 0 aliphatic carbocycles. The second kappa shape index (κ2) is 7.31. The average Bonchev–Trinajstić information content (AvgIpc) is 2.47. The van der Waals surface area contributed by atoms with Gasteiger partial charge in [-0.2, -0.15) is 0 Å². The molecule has 0 amide bonds. The number of rotatable bonds is 4. The Bertz CT molecular complexity index is 757. The van der Waals surface area contributed by atoms with E-state index in [9.17, 15) is 22.4 Å². The van der Waals surface area contributed by atoms with Crippen LogP contribution in [0, 0.1) is 5.82 Å². The van der Waals surface area contributed by atoms with Gasteiger partial charge in [-0.25, -0.2) is 9.18 Å². The van der Waals surface area contributed by atoms with Crippen LogP contribution >= 0.6 is 11.6 Å². The van der Waals surface area contributed by atoms with Crippen LogP contribution in [0.1, 0.15) is 15.9 Å². The normalized spacial score (nSPS) is 11.5. The van der Waals surface area contributed by atoms with Crippen LogP contribution in [0.25, 0.3) is 0 Å². The second-order valence-electron chi connectivity index (χ2n) is 4.30. The lowest BCUT2D eigenvalue weighted by atomic mass is 10.2. The largest absolute Gasteiger partial charge is 0.573 e. The summed E-state index contributed by atoms with van der Waals surface area (Å²) < 4.78 is 54.1. The molecule has 0 aromatic heterocycles. The molecule has 2 aromatic carbocycles. The van der Waals surface area contributed by atoms with Crippen molar-refractivity contribution in [1.29, 1.82) is 0 Å². The second-order valence-corrected chi connectivity index (χ2v) is 4.70. The third kappa shape index (κ3) is 4.69. The Kier molecular flexibility index (Phi) is 5.40. The zero-order valence-electron chi connectivity index (χ0n) is 11.7. The smallest absolute Gasteiger partial charge is 0.405 e. The maximum Gasteiger partial charge on any atom is 0.573 e. The van der Waals surface area contributed by atoms with Crippen molar-refractivity contribution >= 4 is 23.8 Å². The summed E-state index contributed by atoms with van der Waals surface area (Å²) in [7, 11) is 0. The minimum atomic E-state index is -4.89. The van der Waals surface area contributed by atoms with E-state index in [4.69, 9.17) is 11.6 Å². The van der Waals surface area contributed by atoms with Crippen LogP contribution < -0.4 is 4.74 Å². The molecular weight excluding hydrogens is 354 g/mol. The number of hydrogen-bond donors (Lipinski definition) is 0. The first kappa shape index (κ1) is 17.7. The van der Waals surface area contributed by atoms with Crippen LogP contribution in [-0.4, -0.2) is 18.5 Å². The van der Waals surface area contributed by atoms with Gasteiger partial charge in [-0.15, -0.1) is 13.2 Å². The minimum Gasteiger partial charge on any atom is -0.405 e. The number of halogens is 5. The van der Waals surface area contributed by atoms with Crippen LogP contribution in [0.5, 0.6) is 5.75 Å². The molecule has 24 heavy (non-hydrogen) atoms. The lowest BCUT2D eigenvalue weighted by molar-refractivity contribution is -0.274. The molecule has 2 aromatic rings. The zero-order chi connectivity index (χ0) is 17.7. The molecule has 9 heteroatoms. The summed E-state index contributed by atoms with van der Waals surface area (Å²) >= 11 is 5.68. The minimum absolute atomic E-state index is 0.0951. The lowest BCUT2D eigenvalue weighted by Gasteiger charge is -2.10. The van der Waals surface area contributed by atoms with Gasteiger partial charge in [-0.05, 0) is 24.3 Å². The molecule has 0 heterocycles. The van der Waals surface area contributed by atoms with Crippen molar-refractivity contribution in [2.75, 3.05) is 0 Å². The first-order valence-electron chi connectivity index (χ1n) is 6.31. The molecule has 0 spiro atoms. The van der Waals surface area contributed by atoms with Crippen molar-refractivity contribution in [3.8, 4) is 5.75 Å². The number of alkyl halides is 3.